The van der Waals surface area contributed by atoms with Gasteiger partial charge in [0.05, 0.1) is 0 Å². The van der Waals surface area contributed by atoms with Gasteiger partial charge in [0.2, 0.25) is 0 Å². The average Bonchev–Trinajstić information content (AvgIpc) is 1.67. The Bertz CT molecular complexity index is 120. The molecule has 2 heteroatoms. The van der Waals surface area contributed by atoms with Gasteiger partial charge < -0.3 is 0 Å². The van der Waals surface area contributed by atoms with Gasteiger partial charge in [-0.1, -0.05) is 5.57 Å². The van der Waals surface area contributed by atoms with E-state index in [9.17, 15) is 0 Å². The topological polar surface area (TPSA) is 12.4 Å². The highest BCUT2D eigenvalue weighted by Crippen LogP contribution is 2.07. The molecule has 0 aromatic rings. The highest BCUT2D eigenvalue weighted by atomic mass is 127. The van der Waals surface area contributed by atoms with Gasteiger partial charge >= 0.3 is 0 Å². The molecule has 0 aliphatic heterocycles. The standard InChI is InChI=1S/C6H10IN/c1-5(2)6(7)4-8-3/h4H,1-3H3. The minimum Gasteiger partial charge on any atom is -0.295 e. The summed E-state index contributed by atoms with van der Waals surface area (Å²) >= 11 is 2.26. The summed E-state index contributed by atoms with van der Waals surface area (Å²) in [6.07, 6.45) is 1.86. The van der Waals surface area contributed by atoms with E-state index >= 15 is 0 Å². The molecule has 0 bridgehead atoms. The first-order valence-electron chi connectivity index (χ1n) is 2.43. The van der Waals surface area contributed by atoms with Crippen LogP contribution in [0.5, 0.6) is 0 Å². The van der Waals surface area contributed by atoms with Gasteiger partial charge in [-0.15, -0.1) is 0 Å². The molecule has 0 fully saturated rings. The summed E-state index contributed by atoms with van der Waals surface area (Å²) in [5.74, 6) is 0. The Labute approximate surface area is 64.0 Å². The molecule has 0 rings (SSSR count). The molecule has 0 aromatic heterocycles. The summed E-state index contributed by atoms with van der Waals surface area (Å²) in [7, 11) is 1.78. The van der Waals surface area contributed by atoms with E-state index in [1.807, 2.05) is 6.21 Å². The van der Waals surface area contributed by atoms with Gasteiger partial charge in [0.1, 0.15) is 0 Å². The van der Waals surface area contributed by atoms with Crippen molar-refractivity contribution in [3.8, 4) is 0 Å². The van der Waals surface area contributed by atoms with Crippen LogP contribution in [0.1, 0.15) is 13.8 Å². The van der Waals surface area contributed by atoms with Crippen LogP contribution in [0.2, 0.25) is 0 Å². The van der Waals surface area contributed by atoms with E-state index in [2.05, 4.69) is 41.4 Å². The Morgan fingerprint density at radius 2 is 2.00 bits per heavy atom. The van der Waals surface area contributed by atoms with Crippen LogP contribution in [0, 0.1) is 0 Å². The third kappa shape index (κ3) is 3.18. The summed E-state index contributed by atoms with van der Waals surface area (Å²) in [6, 6.07) is 0. The summed E-state index contributed by atoms with van der Waals surface area (Å²) in [5.41, 5.74) is 1.32. The SMILES string of the molecule is CN=CC(I)=C(C)C. The molecule has 0 saturated carbocycles. The van der Waals surface area contributed by atoms with E-state index in [0.717, 1.165) is 0 Å². The highest BCUT2D eigenvalue weighted by Gasteiger charge is 1.84. The second-order valence-corrected chi connectivity index (χ2v) is 2.90. The minimum absolute atomic E-state index is 1.23. The second-order valence-electron chi connectivity index (χ2n) is 1.74. The molecule has 0 aromatic carbocycles. The summed E-state index contributed by atoms with van der Waals surface area (Å²) in [4.78, 5) is 3.87. The first-order chi connectivity index (χ1) is 3.68. The lowest BCUT2D eigenvalue weighted by molar-refractivity contribution is 1.39. The van der Waals surface area contributed by atoms with Crippen molar-refractivity contribution in [1.82, 2.24) is 0 Å². The zero-order valence-corrected chi connectivity index (χ0v) is 7.56. The molecular weight excluding hydrogens is 213 g/mol. The van der Waals surface area contributed by atoms with Gasteiger partial charge in [0.25, 0.3) is 0 Å². The Morgan fingerprint density at radius 1 is 1.50 bits per heavy atom. The van der Waals surface area contributed by atoms with E-state index < -0.39 is 0 Å². The molecule has 46 valence electrons. The van der Waals surface area contributed by atoms with E-state index in [1.54, 1.807) is 7.05 Å². The quantitative estimate of drug-likeness (QED) is 0.478. The lowest BCUT2D eigenvalue weighted by atomic mass is 10.3. The maximum absolute atomic E-state index is 3.87. The molecule has 0 aliphatic rings. The Hall–Kier alpha value is 0.140. The molecule has 8 heavy (non-hydrogen) atoms. The Balaban J connectivity index is 4.00. The molecule has 0 radical (unpaired) electrons. The normalized spacial score (nSPS) is 10.0. The van der Waals surface area contributed by atoms with Crippen LogP contribution in [0.25, 0.3) is 0 Å². The molecule has 0 unspecified atom stereocenters. The van der Waals surface area contributed by atoms with E-state index in [0.29, 0.717) is 0 Å². The Morgan fingerprint density at radius 3 is 2.12 bits per heavy atom. The van der Waals surface area contributed by atoms with Gasteiger partial charge in [-0.05, 0) is 36.4 Å². The molecule has 0 heterocycles. The predicted molar refractivity (Wildman–Crippen MR) is 46.8 cm³/mol. The van der Waals surface area contributed by atoms with Crippen molar-refractivity contribution in [1.29, 1.82) is 0 Å². The molecule has 0 spiro atoms. The number of allylic oxidation sites excluding steroid dienone is 2. The smallest absolute Gasteiger partial charge is 0.0341 e. The zero-order valence-electron chi connectivity index (χ0n) is 5.40. The van der Waals surface area contributed by atoms with Gasteiger partial charge in [-0.3, -0.25) is 4.99 Å². The van der Waals surface area contributed by atoms with Crippen LogP contribution in [-0.4, -0.2) is 13.3 Å². The summed E-state index contributed by atoms with van der Waals surface area (Å²) in [5, 5.41) is 0. The third-order valence-corrected chi connectivity index (χ3v) is 2.08. The van der Waals surface area contributed by atoms with Crippen LogP contribution in [0.15, 0.2) is 14.1 Å². The van der Waals surface area contributed by atoms with Crippen LogP contribution in [-0.2, 0) is 0 Å². The molecule has 0 N–H and O–H groups in total. The van der Waals surface area contributed by atoms with Crippen LogP contribution in [0.4, 0.5) is 0 Å². The second kappa shape index (κ2) is 4.06. The highest BCUT2D eigenvalue weighted by molar-refractivity contribution is 14.1. The Kier molecular flexibility index (Phi) is 4.13. The van der Waals surface area contributed by atoms with E-state index in [4.69, 9.17) is 0 Å². The molecule has 0 amide bonds. The summed E-state index contributed by atoms with van der Waals surface area (Å²) in [6.45, 7) is 4.15. The minimum atomic E-state index is 1.23. The number of halogens is 1. The van der Waals surface area contributed by atoms with E-state index in [-0.39, 0.29) is 0 Å². The lowest BCUT2D eigenvalue weighted by Crippen LogP contribution is -1.75. The fourth-order valence-corrected chi connectivity index (χ4v) is 0.521. The molecule has 0 aliphatic carbocycles. The fraction of sp³-hybridized carbons (Fsp3) is 0.500. The van der Waals surface area contributed by atoms with Crippen molar-refractivity contribution < 1.29 is 0 Å². The monoisotopic (exact) mass is 223 g/mol. The van der Waals surface area contributed by atoms with Crippen LogP contribution < -0.4 is 0 Å². The zero-order chi connectivity index (χ0) is 6.57. The van der Waals surface area contributed by atoms with Gasteiger partial charge in [-0.25, -0.2) is 0 Å². The van der Waals surface area contributed by atoms with Crippen molar-refractivity contribution in [2.75, 3.05) is 7.05 Å². The number of hydrogen-bond acceptors (Lipinski definition) is 1. The average molecular weight is 223 g/mol. The number of aliphatic imine (C=N–C) groups is 1. The maximum Gasteiger partial charge on any atom is 0.0341 e. The van der Waals surface area contributed by atoms with Gasteiger partial charge in [-0.2, -0.15) is 0 Å². The lowest BCUT2D eigenvalue weighted by Gasteiger charge is -1.88. The molecule has 0 saturated heterocycles. The van der Waals surface area contributed by atoms with Crippen molar-refractivity contribution in [2.24, 2.45) is 4.99 Å². The van der Waals surface area contributed by atoms with Crippen molar-refractivity contribution >= 4 is 28.8 Å². The van der Waals surface area contributed by atoms with E-state index in [1.165, 1.54) is 9.15 Å². The molecule has 0 atom stereocenters. The van der Waals surface area contributed by atoms with Crippen LogP contribution >= 0.6 is 22.6 Å². The predicted octanol–water partition coefficient (Wildman–Crippen LogP) is 2.42. The maximum atomic E-state index is 3.87. The summed E-state index contributed by atoms with van der Waals surface area (Å²) < 4.78 is 1.23. The fourth-order valence-electron chi connectivity index (χ4n) is 0.242. The largest absolute Gasteiger partial charge is 0.295 e. The first kappa shape index (κ1) is 8.14. The number of hydrogen-bond donors (Lipinski definition) is 0. The molecular formula is C6H10IN. The van der Waals surface area contributed by atoms with Crippen molar-refractivity contribution in [2.45, 2.75) is 13.8 Å². The third-order valence-electron chi connectivity index (χ3n) is 0.720. The van der Waals surface area contributed by atoms with Crippen LogP contribution in [0.3, 0.4) is 0 Å². The van der Waals surface area contributed by atoms with Crippen molar-refractivity contribution in [3.05, 3.63) is 9.15 Å². The van der Waals surface area contributed by atoms with Gasteiger partial charge in [0.15, 0.2) is 0 Å². The van der Waals surface area contributed by atoms with Gasteiger partial charge in [0, 0.05) is 16.8 Å². The number of rotatable bonds is 1. The number of nitrogens with zero attached hydrogens (tertiary/aromatic N) is 1. The molecule has 1 nitrogen and oxygen atoms in total. The van der Waals surface area contributed by atoms with Crippen molar-refractivity contribution in [3.63, 3.8) is 0 Å². The first-order valence-corrected chi connectivity index (χ1v) is 3.51.